The monoisotopic (exact) mass is 594 g/mol. The van der Waals surface area contributed by atoms with Crippen LogP contribution in [0.3, 0.4) is 0 Å². The van der Waals surface area contributed by atoms with E-state index in [2.05, 4.69) is 34.3 Å². The van der Waals surface area contributed by atoms with Crippen molar-refractivity contribution >= 4 is 56.4 Å². The highest BCUT2D eigenvalue weighted by molar-refractivity contribution is 7.19. The largest absolute Gasteiger partial charge is 0.341 e. The second kappa shape index (κ2) is 10.2. The lowest BCUT2D eigenvalue weighted by molar-refractivity contribution is -0.134. The number of nitrogens with zero attached hydrogens (tertiary/aromatic N) is 5. The van der Waals surface area contributed by atoms with Crippen LogP contribution in [-0.4, -0.2) is 69.3 Å². The summed E-state index contributed by atoms with van der Waals surface area (Å²) in [5, 5.41) is 4.52. The summed E-state index contributed by atoms with van der Waals surface area (Å²) in [5.41, 5.74) is 1.13. The van der Waals surface area contributed by atoms with Crippen LogP contribution in [0.2, 0.25) is 5.02 Å². The Hall–Kier alpha value is -2.82. The van der Waals surface area contributed by atoms with Crippen LogP contribution in [0.1, 0.15) is 72.3 Å². The first-order valence-electron chi connectivity index (χ1n) is 14.7. The Morgan fingerprint density at radius 1 is 1.17 bits per heavy atom. The summed E-state index contributed by atoms with van der Waals surface area (Å²) in [5.74, 6) is 0.757. The number of carbonyl (C=O) groups is 2. The number of aromatic nitrogens is 3. The molecule has 2 atom stereocenters. The van der Waals surface area contributed by atoms with Crippen LogP contribution in [-0.2, 0) is 23.2 Å². The Morgan fingerprint density at radius 3 is 2.73 bits per heavy atom. The molecule has 3 aromatic heterocycles. The van der Waals surface area contributed by atoms with E-state index >= 15 is 0 Å². The van der Waals surface area contributed by atoms with Gasteiger partial charge in [0.15, 0.2) is 5.78 Å². The summed E-state index contributed by atoms with van der Waals surface area (Å²) in [6, 6.07) is 2.00. The molecule has 0 bridgehead atoms. The number of rotatable bonds is 4. The van der Waals surface area contributed by atoms with Gasteiger partial charge in [-0.05, 0) is 64.3 Å². The quantitative estimate of drug-likeness (QED) is 0.465. The topological polar surface area (TPSA) is 100 Å². The van der Waals surface area contributed by atoms with E-state index < -0.39 is 5.54 Å². The van der Waals surface area contributed by atoms with Crippen molar-refractivity contribution in [3.63, 3.8) is 0 Å². The fourth-order valence-electron chi connectivity index (χ4n) is 7.62. The molecule has 0 radical (unpaired) electrons. The molecule has 1 saturated heterocycles. The molecule has 3 aromatic rings. The number of thiophene rings is 1. The summed E-state index contributed by atoms with van der Waals surface area (Å²) < 4.78 is 1.69. The number of Topliss-reactive ketones (excluding diaryl/α,β-unsaturated/α-hetero) is 1. The maximum absolute atomic E-state index is 13.9. The lowest BCUT2D eigenvalue weighted by atomic mass is 9.80. The average Bonchev–Trinajstić information content (AvgIpc) is 3.66. The molecule has 5 heterocycles. The number of ketones is 1. The lowest BCUT2D eigenvalue weighted by Crippen LogP contribution is -2.40. The van der Waals surface area contributed by atoms with Gasteiger partial charge >= 0.3 is 0 Å². The van der Waals surface area contributed by atoms with Gasteiger partial charge in [0.05, 0.1) is 15.9 Å². The number of carbonyl (C=O) groups excluding carboxylic acids is 2. The highest BCUT2D eigenvalue weighted by Gasteiger charge is 2.46. The summed E-state index contributed by atoms with van der Waals surface area (Å²) >= 11 is 8.27. The van der Waals surface area contributed by atoms with Gasteiger partial charge in [-0.3, -0.25) is 19.0 Å². The van der Waals surface area contributed by atoms with Crippen LogP contribution >= 0.6 is 22.9 Å². The van der Waals surface area contributed by atoms with Gasteiger partial charge in [0.25, 0.3) is 5.56 Å². The van der Waals surface area contributed by atoms with Crippen molar-refractivity contribution in [2.75, 3.05) is 32.5 Å². The first kappa shape index (κ1) is 27.0. The molecular weight excluding hydrogens is 560 g/mol. The number of fused-ring (bicyclic) bond motifs is 5. The molecule has 1 amide bonds. The van der Waals surface area contributed by atoms with E-state index in [1.807, 2.05) is 4.90 Å². The third-order valence-corrected chi connectivity index (χ3v) is 11.3. The second-order valence-electron chi connectivity index (χ2n) is 12.4. The van der Waals surface area contributed by atoms with E-state index in [-0.39, 0.29) is 23.2 Å². The lowest BCUT2D eigenvalue weighted by Gasteiger charge is -2.35. The van der Waals surface area contributed by atoms with Gasteiger partial charge in [0.2, 0.25) is 5.91 Å². The Labute approximate surface area is 247 Å². The van der Waals surface area contributed by atoms with Gasteiger partial charge in [-0.1, -0.05) is 30.9 Å². The third kappa shape index (κ3) is 4.41. The van der Waals surface area contributed by atoms with Crippen LogP contribution in [0, 0.1) is 5.92 Å². The number of likely N-dealkylation sites (tertiary alicyclic amines) is 1. The number of nitrogens with one attached hydrogen (secondary N) is 1. The Kier molecular flexibility index (Phi) is 6.71. The highest BCUT2D eigenvalue weighted by Crippen LogP contribution is 2.45. The molecular formula is C30H35ClN6O3S. The molecule has 9 nitrogen and oxygen atoms in total. The van der Waals surface area contributed by atoms with E-state index in [4.69, 9.17) is 11.6 Å². The fourth-order valence-corrected chi connectivity index (χ4v) is 9.19. The van der Waals surface area contributed by atoms with E-state index in [9.17, 15) is 14.4 Å². The number of halogens is 1. The Bertz CT molecular complexity index is 1620. The van der Waals surface area contributed by atoms with Crippen LogP contribution < -0.4 is 10.9 Å². The van der Waals surface area contributed by atoms with Crippen molar-refractivity contribution in [2.24, 2.45) is 5.92 Å². The summed E-state index contributed by atoms with van der Waals surface area (Å²) in [4.78, 5) is 55.7. The van der Waals surface area contributed by atoms with Gasteiger partial charge in [0.1, 0.15) is 28.4 Å². The molecule has 4 aliphatic rings. The number of hydrogen-bond acceptors (Lipinski definition) is 8. The van der Waals surface area contributed by atoms with E-state index in [0.29, 0.717) is 41.1 Å². The molecule has 2 aliphatic heterocycles. The van der Waals surface area contributed by atoms with Crippen molar-refractivity contribution in [2.45, 2.75) is 75.8 Å². The van der Waals surface area contributed by atoms with Crippen LogP contribution in [0.15, 0.2) is 17.2 Å². The minimum Gasteiger partial charge on any atom is -0.341 e. The zero-order chi connectivity index (χ0) is 28.5. The average molecular weight is 595 g/mol. The predicted molar refractivity (Wildman–Crippen MR) is 161 cm³/mol. The maximum Gasteiger partial charge on any atom is 0.275 e. The smallest absolute Gasteiger partial charge is 0.275 e. The number of likely N-dealkylation sites (N-methyl/N-ethyl adjacent to an activating group) is 1. The van der Waals surface area contributed by atoms with Gasteiger partial charge in [-0.25, -0.2) is 9.97 Å². The molecule has 1 saturated carbocycles. The number of pyridine rings is 1. The molecule has 11 heteroatoms. The minimum atomic E-state index is -0.477. The molecule has 41 heavy (non-hydrogen) atoms. The van der Waals surface area contributed by atoms with Crippen LogP contribution in [0.25, 0.3) is 10.2 Å². The third-order valence-electron chi connectivity index (χ3n) is 9.82. The molecule has 1 N–H and O–H groups in total. The number of aryl methyl sites for hydroxylation is 1. The zero-order valence-electron chi connectivity index (χ0n) is 23.5. The van der Waals surface area contributed by atoms with E-state index in [1.54, 1.807) is 22.0 Å². The molecule has 0 unspecified atom stereocenters. The van der Waals surface area contributed by atoms with E-state index in [1.165, 1.54) is 11.2 Å². The minimum absolute atomic E-state index is 0.0229. The van der Waals surface area contributed by atoms with Crippen molar-refractivity contribution in [1.29, 1.82) is 0 Å². The highest BCUT2D eigenvalue weighted by atomic mass is 35.5. The molecule has 7 rings (SSSR count). The Balaban J connectivity index is 1.20. The molecule has 0 aromatic carbocycles. The molecule has 1 spiro atoms. The van der Waals surface area contributed by atoms with Crippen molar-refractivity contribution < 1.29 is 9.59 Å². The summed E-state index contributed by atoms with van der Waals surface area (Å²) in [7, 11) is 4.16. The van der Waals surface area contributed by atoms with Gasteiger partial charge in [0, 0.05) is 36.3 Å². The first-order chi connectivity index (χ1) is 19.8. The second-order valence-corrected chi connectivity index (χ2v) is 13.9. The van der Waals surface area contributed by atoms with Crippen molar-refractivity contribution in [1.82, 2.24) is 24.3 Å². The van der Waals surface area contributed by atoms with Crippen molar-refractivity contribution in [3.8, 4) is 0 Å². The van der Waals surface area contributed by atoms with Gasteiger partial charge in [-0.15, -0.1) is 11.3 Å². The SMILES string of the molecule is CN(C)[C@H]1CCN(C(=O)[C@H]2CCc3c(sc4ncnc(Nc5cc(Cl)c6n(c5=O)C5(CCCCC5)CC6=O)c34)C2)C1. The van der Waals surface area contributed by atoms with E-state index in [0.717, 1.165) is 80.2 Å². The molecule has 216 valence electrons. The number of anilines is 2. The Morgan fingerprint density at radius 2 is 1.98 bits per heavy atom. The normalized spacial score (nSPS) is 23.4. The van der Waals surface area contributed by atoms with Crippen LogP contribution in [0.5, 0.6) is 0 Å². The molecule has 2 aliphatic carbocycles. The first-order valence-corrected chi connectivity index (χ1v) is 15.9. The van der Waals surface area contributed by atoms with Gasteiger partial charge < -0.3 is 15.1 Å². The van der Waals surface area contributed by atoms with Crippen LogP contribution in [0.4, 0.5) is 11.5 Å². The molecule has 2 fully saturated rings. The number of amides is 1. The van der Waals surface area contributed by atoms with Gasteiger partial charge in [-0.2, -0.15) is 0 Å². The zero-order valence-corrected chi connectivity index (χ0v) is 25.1. The predicted octanol–water partition coefficient (Wildman–Crippen LogP) is 4.76. The maximum atomic E-state index is 13.9. The summed E-state index contributed by atoms with van der Waals surface area (Å²) in [6.45, 7) is 1.62. The number of hydrogen-bond donors (Lipinski definition) is 1. The van der Waals surface area contributed by atoms with Crippen molar-refractivity contribution in [3.05, 3.63) is 43.9 Å². The standard InChI is InChI=1S/C30H35ClN6O3S/c1-35(2)18-8-11-36(15-18)28(39)17-6-7-19-23(12-17)41-27-24(19)26(32-16-33-27)34-21-13-20(31)25-22(38)14-30(37(25)29(21)40)9-4-3-5-10-30/h13,16-18H,3-12,14-15H2,1-2H3,(H,32,33,34)/t17-,18-/m0/s1. The fraction of sp³-hybridized carbons (Fsp3) is 0.567. The summed E-state index contributed by atoms with van der Waals surface area (Å²) in [6.07, 6.45) is 9.87.